The van der Waals surface area contributed by atoms with Crippen molar-refractivity contribution in [1.82, 2.24) is 0 Å². The van der Waals surface area contributed by atoms with E-state index in [-0.39, 0.29) is 11.7 Å². The quantitative estimate of drug-likeness (QED) is 0.894. The minimum absolute atomic E-state index is 0.227. The third-order valence-corrected chi connectivity index (χ3v) is 3.57. The fraction of sp³-hybridized carbons (Fsp3) is 0.500. The fourth-order valence-corrected chi connectivity index (χ4v) is 2.53. The summed E-state index contributed by atoms with van der Waals surface area (Å²) in [5.41, 5.74) is 0.889. The highest BCUT2D eigenvalue weighted by molar-refractivity contribution is 5.69. The first kappa shape index (κ1) is 12.9. The second kappa shape index (κ2) is 5.38. The van der Waals surface area contributed by atoms with Gasteiger partial charge in [0.15, 0.2) is 0 Å². The molecule has 1 saturated heterocycles. The van der Waals surface area contributed by atoms with E-state index in [2.05, 4.69) is 4.90 Å². The molecule has 0 aromatic heterocycles. The van der Waals surface area contributed by atoms with Crippen molar-refractivity contribution in [2.24, 2.45) is 11.8 Å². The van der Waals surface area contributed by atoms with E-state index in [4.69, 9.17) is 5.11 Å². The molecule has 0 radical (unpaired) electrons. The van der Waals surface area contributed by atoms with Crippen molar-refractivity contribution in [3.8, 4) is 0 Å². The van der Waals surface area contributed by atoms with Gasteiger partial charge in [0.25, 0.3) is 0 Å². The predicted octanol–water partition coefficient (Wildman–Crippen LogP) is 2.76. The molecule has 18 heavy (non-hydrogen) atoms. The zero-order valence-electron chi connectivity index (χ0n) is 10.5. The third-order valence-electron chi connectivity index (χ3n) is 3.57. The zero-order valence-corrected chi connectivity index (χ0v) is 10.5. The Balaban J connectivity index is 1.94. The van der Waals surface area contributed by atoms with Crippen molar-refractivity contribution in [2.75, 3.05) is 18.0 Å². The molecule has 1 aromatic carbocycles. The molecule has 1 aliphatic rings. The van der Waals surface area contributed by atoms with Crippen LogP contribution in [0.15, 0.2) is 24.3 Å². The van der Waals surface area contributed by atoms with E-state index in [0.717, 1.165) is 25.2 Å². The van der Waals surface area contributed by atoms with Gasteiger partial charge in [-0.05, 0) is 37.0 Å². The normalized spacial score (nSPS) is 21.0. The van der Waals surface area contributed by atoms with E-state index < -0.39 is 5.97 Å². The number of anilines is 1. The average molecular weight is 251 g/mol. The Hall–Kier alpha value is -1.58. The lowest BCUT2D eigenvalue weighted by Crippen LogP contribution is -2.21. The van der Waals surface area contributed by atoms with Gasteiger partial charge in [-0.2, -0.15) is 0 Å². The highest BCUT2D eigenvalue weighted by Crippen LogP contribution is 2.28. The van der Waals surface area contributed by atoms with E-state index in [1.807, 2.05) is 6.07 Å². The largest absolute Gasteiger partial charge is 0.481 e. The summed E-state index contributed by atoms with van der Waals surface area (Å²) in [7, 11) is 0. The van der Waals surface area contributed by atoms with Gasteiger partial charge < -0.3 is 10.0 Å². The molecule has 2 atom stereocenters. The average Bonchev–Trinajstić information content (AvgIpc) is 2.77. The summed E-state index contributed by atoms with van der Waals surface area (Å²) >= 11 is 0. The molecule has 0 aliphatic carbocycles. The molecule has 2 rings (SSSR count). The topological polar surface area (TPSA) is 40.5 Å². The molecule has 0 bridgehead atoms. The monoisotopic (exact) mass is 251 g/mol. The van der Waals surface area contributed by atoms with Crippen LogP contribution in [0, 0.1) is 17.7 Å². The van der Waals surface area contributed by atoms with Crippen LogP contribution in [0.4, 0.5) is 10.1 Å². The maximum atomic E-state index is 13.1. The Morgan fingerprint density at radius 2 is 2.39 bits per heavy atom. The van der Waals surface area contributed by atoms with Gasteiger partial charge in [0.1, 0.15) is 5.82 Å². The Labute approximate surface area is 106 Å². The minimum Gasteiger partial charge on any atom is -0.481 e. The number of halogens is 1. The summed E-state index contributed by atoms with van der Waals surface area (Å²) in [4.78, 5) is 12.9. The van der Waals surface area contributed by atoms with Crippen molar-refractivity contribution in [2.45, 2.75) is 19.8 Å². The summed E-state index contributed by atoms with van der Waals surface area (Å²) in [6.45, 7) is 3.44. The number of hydrogen-bond donors (Lipinski definition) is 1. The predicted molar refractivity (Wildman–Crippen MR) is 68.1 cm³/mol. The Kier molecular flexibility index (Phi) is 3.84. The van der Waals surface area contributed by atoms with E-state index >= 15 is 0 Å². The Morgan fingerprint density at radius 1 is 1.61 bits per heavy atom. The molecule has 1 N–H and O–H groups in total. The Morgan fingerprint density at radius 3 is 3.06 bits per heavy atom. The molecule has 4 heteroatoms. The van der Waals surface area contributed by atoms with Gasteiger partial charge in [0.05, 0.1) is 5.92 Å². The fourth-order valence-electron chi connectivity index (χ4n) is 2.53. The van der Waals surface area contributed by atoms with Crippen LogP contribution >= 0.6 is 0 Å². The highest BCUT2D eigenvalue weighted by Gasteiger charge is 2.26. The lowest BCUT2D eigenvalue weighted by molar-refractivity contribution is -0.141. The number of aliphatic carboxylic acids is 1. The van der Waals surface area contributed by atoms with E-state index in [9.17, 15) is 9.18 Å². The maximum Gasteiger partial charge on any atom is 0.306 e. The number of carboxylic acids is 1. The number of carboxylic acid groups (broad SMARTS) is 1. The second-order valence-electron chi connectivity index (χ2n) is 5.06. The van der Waals surface area contributed by atoms with Gasteiger partial charge in [0.2, 0.25) is 0 Å². The number of nitrogens with zero attached hydrogens (tertiary/aromatic N) is 1. The smallest absolute Gasteiger partial charge is 0.306 e. The number of benzene rings is 1. The third kappa shape index (κ3) is 3.00. The molecule has 1 heterocycles. The standard InChI is InChI=1S/C14H18FNO2/c1-10(14(17)18)7-11-5-6-16(9-11)13-4-2-3-12(15)8-13/h2-4,8,10-11H,5-7,9H2,1H3,(H,17,18). The van der Waals surface area contributed by atoms with Gasteiger partial charge in [-0.15, -0.1) is 0 Å². The van der Waals surface area contributed by atoms with Crippen LogP contribution in [0.2, 0.25) is 0 Å². The summed E-state index contributed by atoms with van der Waals surface area (Å²) in [6.07, 6.45) is 1.68. The van der Waals surface area contributed by atoms with Crippen molar-refractivity contribution >= 4 is 11.7 Å². The lowest BCUT2D eigenvalue weighted by Gasteiger charge is -2.19. The molecule has 2 unspecified atom stereocenters. The minimum atomic E-state index is -0.737. The first-order chi connectivity index (χ1) is 8.56. The van der Waals surface area contributed by atoms with Gasteiger partial charge >= 0.3 is 5.97 Å². The summed E-state index contributed by atoms with van der Waals surface area (Å²) < 4.78 is 13.1. The second-order valence-corrected chi connectivity index (χ2v) is 5.06. The summed E-state index contributed by atoms with van der Waals surface area (Å²) in [6, 6.07) is 6.57. The number of hydrogen-bond acceptors (Lipinski definition) is 2. The molecule has 98 valence electrons. The molecule has 1 aromatic rings. The first-order valence-corrected chi connectivity index (χ1v) is 6.29. The van der Waals surface area contributed by atoms with Crippen LogP contribution in [0.5, 0.6) is 0 Å². The lowest BCUT2D eigenvalue weighted by atomic mass is 9.95. The molecule has 1 aliphatic heterocycles. The van der Waals surface area contributed by atoms with Crippen molar-refractivity contribution in [1.29, 1.82) is 0 Å². The van der Waals surface area contributed by atoms with E-state index in [1.165, 1.54) is 12.1 Å². The van der Waals surface area contributed by atoms with Gasteiger partial charge in [-0.1, -0.05) is 13.0 Å². The molecule has 0 amide bonds. The van der Waals surface area contributed by atoms with Crippen LogP contribution in [0.3, 0.4) is 0 Å². The van der Waals surface area contributed by atoms with E-state index in [1.54, 1.807) is 13.0 Å². The first-order valence-electron chi connectivity index (χ1n) is 6.29. The molecule has 0 saturated carbocycles. The van der Waals surface area contributed by atoms with E-state index in [0.29, 0.717) is 12.3 Å². The number of carbonyl (C=O) groups is 1. The van der Waals surface area contributed by atoms with Crippen molar-refractivity contribution in [3.63, 3.8) is 0 Å². The number of rotatable bonds is 4. The van der Waals surface area contributed by atoms with Gasteiger partial charge in [-0.3, -0.25) is 4.79 Å². The van der Waals surface area contributed by atoms with Gasteiger partial charge in [0, 0.05) is 18.8 Å². The van der Waals surface area contributed by atoms with Crippen molar-refractivity contribution < 1.29 is 14.3 Å². The van der Waals surface area contributed by atoms with Crippen molar-refractivity contribution in [3.05, 3.63) is 30.1 Å². The summed E-state index contributed by atoms with van der Waals surface area (Å²) in [5.74, 6) is -0.879. The molecule has 0 spiro atoms. The van der Waals surface area contributed by atoms with Gasteiger partial charge in [-0.25, -0.2) is 4.39 Å². The highest BCUT2D eigenvalue weighted by atomic mass is 19.1. The molecular weight excluding hydrogens is 233 g/mol. The maximum absolute atomic E-state index is 13.1. The summed E-state index contributed by atoms with van der Waals surface area (Å²) in [5, 5.41) is 8.90. The Bertz CT molecular complexity index is 436. The SMILES string of the molecule is CC(CC1CCN(c2cccc(F)c2)C1)C(=O)O. The van der Waals surface area contributed by atoms with Crippen LogP contribution in [0.25, 0.3) is 0 Å². The zero-order chi connectivity index (χ0) is 13.1. The molecular formula is C14H18FNO2. The van der Waals surface area contributed by atoms with Crippen LogP contribution in [0.1, 0.15) is 19.8 Å². The van der Waals surface area contributed by atoms with Crippen LogP contribution < -0.4 is 4.90 Å². The van der Waals surface area contributed by atoms with Crippen LogP contribution in [-0.2, 0) is 4.79 Å². The molecule has 1 fully saturated rings. The van der Waals surface area contributed by atoms with Crippen LogP contribution in [-0.4, -0.2) is 24.2 Å². The molecule has 3 nitrogen and oxygen atoms in total.